The third-order valence-corrected chi connectivity index (χ3v) is 7.89. The fourth-order valence-corrected chi connectivity index (χ4v) is 6.08. The van der Waals surface area contributed by atoms with Gasteiger partial charge in [0.1, 0.15) is 7.05 Å². The minimum Gasteiger partial charge on any atom is -0.201 e. The Morgan fingerprint density at radius 3 is 2.36 bits per heavy atom. The van der Waals surface area contributed by atoms with E-state index in [4.69, 9.17) is 0 Å². The van der Waals surface area contributed by atoms with Gasteiger partial charge in [-0.05, 0) is 36.5 Å². The summed E-state index contributed by atoms with van der Waals surface area (Å²) < 4.78 is 2.36. The van der Waals surface area contributed by atoms with Gasteiger partial charge in [0.15, 0.2) is 6.20 Å². The molecule has 1 fully saturated rings. The van der Waals surface area contributed by atoms with E-state index in [-0.39, 0.29) is 0 Å². The van der Waals surface area contributed by atoms with Crippen molar-refractivity contribution in [2.24, 2.45) is 13.0 Å². The molecule has 25 heavy (non-hydrogen) atoms. The van der Waals surface area contributed by atoms with Gasteiger partial charge in [-0.3, -0.25) is 0 Å². The molecule has 2 heteroatoms. The summed E-state index contributed by atoms with van der Waals surface area (Å²) in [6, 6.07) is 11.3. The van der Waals surface area contributed by atoms with Crippen LogP contribution < -0.4 is 9.75 Å². The highest BCUT2D eigenvalue weighted by atomic mass is 28.3. The van der Waals surface area contributed by atoms with Crippen molar-refractivity contribution < 1.29 is 4.57 Å². The first kappa shape index (κ1) is 18.4. The predicted octanol–water partition coefficient (Wildman–Crippen LogP) is 5.15. The molecule has 0 unspecified atom stereocenters. The van der Waals surface area contributed by atoms with Gasteiger partial charge >= 0.3 is 0 Å². The van der Waals surface area contributed by atoms with Crippen molar-refractivity contribution in [3.8, 4) is 11.3 Å². The van der Waals surface area contributed by atoms with Crippen molar-refractivity contribution in [2.75, 3.05) is 0 Å². The average molecular weight is 353 g/mol. The van der Waals surface area contributed by atoms with Gasteiger partial charge < -0.3 is 0 Å². The zero-order valence-electron chi connectivity index (χ0n) is 16.7. The molecule has 3 rings (SSSR count). The summed E-state index contributed by atoms with van der Waals surface area (Å²) in [4.78, 5) is 0. The molecule has 0 bridgehead atoms. The Labute approximate surface area is 155 Å². The molecule has 0 N–H and O–H groups in total. The molecule has 1 aliphatic rings. The van der Waals surface area contributed by atoms with E-state index in [0.29, 0.717) is 0 Å². The van der Waals surface area contributed by atoms with E-state index >= 15 is 0 Å². The predicted molar refractivity (Wildman–Crippen MR) is 111 cm³/mol. The minimum atomic E-state index is -1.35. The number of aryl methyl sites for hydroxylation is 2. The number of aromatic nitrogens is 1. The molecule has 1 nitrogen and oxygen atoms in total. The van der Waals surface area contributed by atoms with E-state index in [1.807, 2.05) is 0 Å². The molecule has 0 radical (unpaired) electrons. The summed E-state index contributed by atoms with van der Waals surface area (Å²) in [6.07, 6.45) is 10.9. The smallest absolute Gasteiger partial charge is 0.201 e. The van der Waals surface area contributed by atoms with Crippen molar-refractivity contribution >= 4 is 13.3 Å². The molecule has 1 aromatic heterocycles. The van der Waals surface area contributed by atoms with Crippen LogP contribution in [0.3, 0.4) is 0 Å². The van der Waals surface area contributed by atoms with Crippen LogP contribution in [0.1, 0.15) is 43.2 Å². The highest BCUT2D eigenvalue weighted by Gasteiger charge is 2.27. The molecule has 1 heterocycles. The second kappa shape index (κ2) is 7.45. The molecular formula is C23H34NSi+. The van der Waals surface area contributed by atoms with Gasteiger partial charge in [-0.15, -0.1) is 0 Å². The zero-order chi connectivity index (χ0) is 18.0. The van der Waals surface area contributed by atoms with Crippen LogP contribution in [-0.4, -0.2) is 8.07 Å². The van der Waals surface area contributed by atoms with E-state index in [9.17, 15) is 0 Å². The highest BCUT2D eigenvalue weighted by Crippen LogP contribution is 2.28. The second-order valence-electron chi connectivity index (χ2n) is 8.98. The van der Waals surface area contributed by atoms with Crippen LogP contribution in [0.5, 0.6) is 0 Å². The number of benzene rings is 1. The summed E-state index contributed by atoms with van der Waals surface area (Å²) in [5.74, 6) is 0.890. The van der Waals surface area contributed by atoms with Crippen molar-refractivity contribution in [3.63, 3.8) is 0 Å². The zero-order valence-corrected chi connectivity index (χ0v) is 17.7. The summed E-state index contributed by atoms with van der Waals surface area (Å²) in [5, 5.41) is 1.65. The molecule has 0 saturated heterocycles. The standard InChI is InChI=1S/C23H34NSi/c1-18-11-9-10-14-21(18)22-16-20(15-19-12-7-6-8-13-19)23(17-24(22)2)25(3,4)5/h9-11,14,16-17,19H,6-8,12-13,15H2,1-5H3/q+1. The minimum absolute atomic E-state index is 0.890. The topological polar surface area (TPSA) is 3.88 Å². The largest absolute Gasteiger partial charge is 0.212 e. The fraction of sp³-hybridized carbons (Fsp3) is 0.522. The van der Waals surface area contributed by atoms with E-state index in [0.717, 1.165) is 5.92 Å². The number of rotatable bonds is 4. The third-order valence-electron chi connectivity index (χ3n) is 5.82. The lowest BCUT2D eigenvalue weighted by molar-refractivity contribution is -0.659. The lowest BCUT2D eigenvalue weighted by Crippen LogP contribution is -2.47. The van der Waals surface area contributed by atoms with E-state index in [1.54, 1.807) is 10.8 Å². The monoisotopic (exact) mass is 352 g/mol. The van der Waals surface area contributed by atoms with Gasteiger partial charge in [0.25, 0.3) is 0 Å². The molecule has 0 amide bonds. The molecular weight excluding hydrogens is 318 g/mol. The molecule has 134 valence electrons. The van der Waals surface area contributed by atoms with Gasteiger partial charge in [0.05, 0.1) is 8.07 Å². The van der Waals surface area contributed by atoms with Crippen molar-refractivity contribution in [1.82, 2.24) is 0 Å². The Hall–Kier alpha value is -1.41. The van der Waals surface area contributed by atoms with Gasteiger partial charge in [-0.25, -0.2) is 4.57 Å². The first-order valence-corrected chi connectivity index (χ1v) is 13.5. The summed E-state index contributed by atoms with van der Waals surface area (Å²) in [5.41, 5.74) is 5.73. The average Bonchev–Trinajstić information content (AvgIpc) is 2.57. The van der Waals surface area contributed by atoms with Crippen LogP contribution in [0.15, 0.2) is 36.5 Å². The van der Waals surface area contributed by atoms with Crippen LogP contribution in [0.25, 0.3) is 11.3 Å². The Morgan fingerprint density at radius 1 is 1.04 bits per heavy atom. The van der Waals surface area contributed by atoms with Crippen molar-refractivity contribution in [3.05, 3.63) is 47.7 Å². The van der Waals surface area contributed by atoms with Crippen LogP contribution in [0.4, 0.5) is 0 Å². The van der Waals surface area contributed by atoms with Gasteiger partial charge in [-0.1, -0.05) is 69.9 Å². The molecule has 1 aliphatic carbocycles. The Kier molecular flexibility index (Phi) is 5.48. The first-order valence-electron chi connectivity index (χ1n) is 9.95. The second-order valence-corrected chi connectivity index (χ2v) is 14.0. The maximum Gasteiger partial charge on any atom is 0.212 e. The fourth-order valence-electron chi connectivity index (χ4n) is 4.37. The van der Waals surface area contributed by atoms with Crippen molar-refractivity contribution in [2.45, 2.75) is 65.1 Å². The third kappa shape index (κ3) is 4.23. The molecule has 0 aliphatic heterocycles. The van der Waals surface area contributed by atoms with Gasteiger partial charge in [0, 0.05) is 16.8 Å². The number of hydrogen-bond donors (Lipinski definition) is 0. The summed E-state index contributed by atoms with van der Waals surface area (Å²) >= 11 is 0. The number of pyridine rings is 1. The lowest BCUT2D eigenvalue weighted by atomic mass is 9.84. The molecule has 0 spiro atoms. The van der Waals surface area contributed by atoms with E-state index < -0.39 is 8.07 Å². The SMILES string of the molecule is Cc1ccccc1-c1cc(CC2CCCCC2)c([Si](C)(C)C)c[n+]1C. The lowest BCUT2D eigenvalue weighted by Gasteiger charge is -2.25. The molecule has 2 aromatic rings. The van der Waals surface area contributed by atoms with Crippen LogP contribution in [0, 0.1) is 12.8 Å². The number of nitrogens with zero attached hydrogens (tertiary/aromatic N) is 1. The van der Waals surface area contributed by atoms with Crippen molar-refractivity contribution in [1.29, 1.82) is 0 Å². The summed E-state index contributed by atoms with van der Waals surface area (Å²) in [6.45, 7) is 9.68. The quantitative estimate of drug-likeness (QED) is 0.529. The van der Waals surface area contributed by atoms with Crippen LogP contribution in [0.2, 0.25) is 19.6 Å². The van der Waals surface area contributed by atoms with E-state index in [2.05, 4.69) is 74.7 Å². The normalized spacial score (nSPS) is 16.2. The van der Waals surface area contributed by atoms with Crippen LogP contribution in [-0.2, 0) is 13.5 Å². The Bertz CT molecular complexity index is 736. The summed E-state index contributed by atoms with van der Waals surface area (Å²) in [7, 11) is 0.866. The molecule has 1 aromatic carbocycles. The van der Waals surface area contributed by atoms with Gasteiger partial charge in [-0.2, -0.15) is 0 Å². The first-order chi connectivity index (χ1) is 11.9. The van der Waals surface area contributed by atoms with Gasteiger partial charge in [0.2, 0.25) is 5.69 Å². The Morgan fingerprint density at radius 2 is 1.72 bits per heavy atom. The maximum absolute atomic E-state index is 2.52. The van der Waals surface area contributed by atoms with Crippen LogP contribution >= 0.6 is 0 Å². The highest BCUT2D eigenvalue weighted by molar-refractivity contribution is 6.88. The molecule has 0 atom stereocenters. The molecule has 1 saturated carbocycles. The Balaban J connectivity index is 2.06. The maximum atomic E-state index is 2.52. The van der Waals surface area contributed by atoms with E-state index in [1.165, 1.54) is 55.3 Å². The number of hydrogen-bond acceptors (Lipinski definition) is 0.